The number of amides is 1. The summed E-state index contributed by atoms with van der Waals surface area (Å²) < 4.78 is 10.8. The number of furan rings is 1. The Morgan fingerprint density at radius 2 is 2.04 bits per heavy atom. The molecule has 0 bridgehead atoms. The second-order valence-corrected chi connectivity index (χ2v) is 5.61. The molecule has 1 aliphatic rings. The average molecular weight is 308 g/mol. The third-order valence-electron chi connectivity index (χ3n) is 4.17. The number of hydrogen-bond acceptors (Lipinski definition) is 4. The summed E-state index contributed by atoms with van der Waals surface area (Å²) in [7, 11) is 0. The van der Waals surface area contributed by atoms with E-state index in [-0.39, 0.29) is 11.9 Å². The fourth-order valence-corrected chi connectivity index (χ4v) is 3.05. The van der Waals surface area contributed by atoms with E-state index in [1.807, 2.05) is 47.4 Å². The maximum absolute atomic E-state index is 12.8. The van der Waals surface area contributed by atoms with Crippen molar-refractivity contribution in [3.63, 3.8) is 0 Å². The van der Waals surface area contributed by atoms with E-state index in [1.165, 1.54) is 0 Å². The first kappa shape index (κ1) is 13.8. The molecule has 1 aliphatic heterocycles. The number of aromatic nitrogens is 1. The highest BCUT2D eigenvalue weighted by Crippen LogP contribution is 2.33. The van der Waals surface area contributed by atoms with Gasteiger partial charge in [-0.1, -0.05) is 35.5 Å². The third-order valence-corrected chi connectivity index (χ3v) is 4.17. The van der Waals surface area contributed by atoms with Crippen LogP contribution < -0.4 is 0 Å². The molecule has 0 aliphatic carbocycles. The van der Waals surface area contributed by atoms with Crippen LogP contribution in [-0.2, 0) is 0 Å². The smallest absolute Gasteiger partial charge is 0.276 e. The van der Waals surface area contributed by atoms with E-state index < -0.39 is 0 Å². The second-order valence-electron chi connectivity index (χ2n) is 5.61. The normalized spacial score (nSPS) is 17.6. The summed E-state index contributed by atoms with van der Waals surface area (Å²) in [5.41, 5.74) is 1.24. The zero-order chi connectivity index (χ0) is 15.6. The monoisotopic (exact) mass is 308 g/mol. The maximum atomic E-state index is 12.8. The van der Waals surface area contributed by atoms with Crippen LogP contribution in [0.5, 0.6) is 0 Å². The molecule has 2 aromatic heterocycles. The molecule has 1 aromatic carbocycles. The van der Waals surface area contributed by atoms with Crippen LogP contribution in [0.4, 0.5) is 0 Å². The zero-order valence-corrected chi connectivity index (χ0v) is 12.5. The third kappa shape index (κ3) is 2.54. The molecule has 1 atom stereocenters. The van der Waals surface area contributed by atoms with Crippen molar-refractivity contribution in [2.24, 2.45) is 0 Å². The highest BCUT2D eigenvalue weighted by Gasteiger charge is 2.33. The molecule has 3 aromatic rings. The molecule has 0 unspecified atom stereocenters. The Hall–Kier alpha value is -2.82. The van der Waals surface area contributed by atoms with E-state index in [1.54, 1.807) is 12.3 Å². The molecule has 5 heteroatoms. The molecule has 5 nitrogen and oxygen atoms in total. The van der Waals surface area contributed by atoms with Gasteiger partial charge in [0, 0.05) is 18.2 Å². The number of nitrogens with zero attached hydrogens (tertiary/aromatic N) is 2. The summed E-state index contributed by atoms with van der Waals surface area (Å²) in [5, 5.41) is 3.96. The number of hydrogen-bond donors (Lipinski definition) is 0. The number of carbonyl (C=O) groups is 1. The molecule has 0 radical (unpaired) electrons. The van der Waals surface area contributed by atoms with Crippen LogP contribution in [0.3, 0.4) is 0 Å². The van der Waals surface area contributed by atoms with Gasteiger partial charge >= 0.3 is 0 Å². The summed E-state index contributed by atoms with van der Waals surface area (Å²) >= 11 is 0. The Morgan fingerprint density at radius 3 is 2.83 bits per heavy atom. The SMILES string of the molecule is O=C(c1cc(-c2ccccc2)on1)N1CCC[C@H]1c1ccco1. The zero-order valence-electron chi connectivity index (χ0n) is 12.5. The molecular weight excluding hydrogens is 292 g/mol. The topological polar surface area (TPSA) is 59.5 Å². The molecule has 1 amide bonds. The standard InChI is InChI=1S/C18H16N2O3/c21-18(20-10-4-8-15(20)16-9-5-11-22-16)14-12-17(23-19-14)13-6-2-1-3-7-13/h1-3,5-7,9,11-12,15H,4,8,10H2/t15-/m0/s1. The van der Waals surface area contributed by atoms with Gasteiger partial charge in [0.25, 0.3) is 5.91 Å². The van der Waals surface area contributed by atoms with E-state index >= 15 is 0 Å². The summed E-state index contributed by atoms with van der Waals surface area (Å²) in [5.74, 6) is 1.31. The lowest BCUT2D eigenvalue weighted by Crippen LogP contribution is -2.30. The highest BCUT2D eigenvalue weighted by molar-refractivity contribution is 5.93. The van der Waals surface area contributed by atoms with E-state index in [2.05, 4.69) is 5.16 Å². The predicted octanol–water partition coefficient (Wildman–Crippen LogP) is 3.91. The number of benzene rings is 1. The van der Waals surface area contributed by atoms with Crippen LogP contribution in [0.15, 0.2) is 63.7 Å². The summed E-state index contributed by atoms with van der Waals surface area (Å²) in [6.07, 6.45) is 3.50. The largest absolute Gasteiger partial charge is 0.467 e. The van der Waals surface area contributed by atoms with Crippen molar-refractivity contribution in [2.45, 2.75) is 18.9 Å². The molecule has 1 fully saturated rings. The van der Waals surface area contributed by atoms with Crippen LogP contribution >= 0.6 is 0 Å². The first-order valence-corrected chi connectivity index (χ1v) is 7.69. The molecule has 4 rings (SSSR count). The molecule has 1 saturated heterocycles. The quantitative estimate of drug-likeness (QED) is 0.736. The van der Waals surface area contributed by atoms with Gasteiger partial charge < -0.3 is 13.8 Å². The van der Waals surface area contributed by atoms with Crippen LogP contribution in [0.2, 0.25) is 0 Å². The summed E-state index contributed by atoms with van der Waals surface area (Å²) in [4.78, 5) is 14.6. The molecule has 0 saturated carbocycles. The fourth-order valence-electron chi connectivity index (χ4n) is 3.05. The van der Waals surface area contributed by atoms with Gasteiger partial charge in [-0.15, -0.1) is 0 Å². The van der Waals surface area contributed by atoms with Gasteiger partial charge in [-0.05, 0) is 25.0 Å². The van der Waals surface area contributed by atoms with Crippen molar-refractivity contribution < 1.29 is 13.7 Å². The van der Waals surface area contributed by atoms with Crippen LogP contribution in [0.1, 0.15) is 35.1 Å². The Labute approximate surface area is 133 Å². The first-order chi connectivity index (χ1) is 11.3. The molecule has 3 heterocycles. The molecule has 23 heavy (non-hydrogen) atoms. The van der Waals surface area contributed by atoms with Crippen LogP contribution in [-0.4, -0.2) is 22.5 Å². The molecule has 0 N–H and O–H groups in total. The molecule has 0 spiro atoms. The minimum absolute atomic E-state index is 0.0191. The Kier molecular flexibility index (Phi) is 3.46. The van der Waals surface area contributed by atoms with Gasteiger partial charge in [0.05, 0.1) is 12.3 Å². The van der Waals surface area contributed by atoms with Crippen molar-refractivity contribution in [3.05, 3.63) is 66.2 Å². The Balaban J connectivity index is 1.59. The van der Waals surface area contributed by atoms with Gasteiger partial charge in [0.1, 0.15) is 5.76 Å². The Bertz CT molecular complexity index is 793. The summed E-state index contributed by atoms with van der Waals surface area (Å²) in [6, 6.07) is 15.1. The van der Waals surface area contributed by atoms with Crippen molar-refractivity contribution in [2.75, 3.05) is 6.54 Å². The lowest BCUT2D eigenvalue weighted by atomic mass is 10.1. The van der Waals surface area contributed by atoms with Gasteiger partial charge in [0.15, 0.2) is 11.5 Å². The van der Waals surface area contributed by atoms with Gasteiger partial charge in [-0.3, -0.25) is 4.79 Å². The average Bonchev–Trinajstić information content (AvgIpc) is 3.34. The van der Waals surface area contributed by atoms with Crippen LogP contribution in [0, 0.1) is 0 Å². The minimum atomic E-state index is -0.116. The van der Waals surface area contributed by atoms with Gasteiger partial charge in [0.2, 0.25) is 0 Å². The second kappa shape index (κ2) is 5.76. The van der Waals surface area contributed by atoms with Crippen molar-refractivity contribution in [1.82, 2.24) is 10.1 Å². The highest BCUT2D eigenvalue weighted by atomic mass is 16.5. The lowest BCUT2D eigenvalue weighted by molar-refractivity contribution is 0.0709. The van der Waals surface area contributed by atoms with E-state index in [9.17, 15) is 4.79 Å². The predicted molar refractivity (Wildman–Crippen MR) is 83.7 cm³/mol. The van der Waals surface area contributed by atoms with Gasteiger partial charge in [-0.2, -0.15) is 0 Å². The Morgan fingerprint density at radius 1 is 1.17 bits per heavy atom. The van der Waals surface area contributed by atoms with E-state index in [0.717, 1.165) is 24.2 Å². The van der Waals surface area contributed by atoms with Crippen molar-refractivity contribution in [3.8, 4) is 11.3 Å². The molecule has 116 valence electrons. The van der Waals surface area contributed by atoms with E-state index in [0.29, 0.717) is 18.0 Å². The molecular formula is C18H16N2O3. The lowest BCUT2D eigenvalue weighted by Gasteiger charge is -2.21. The van der Waals surface area contributed by atoms with E-state index in [4.69, 9.17) is 8.94 Å². The minimum Gasteiger partial charge on any atom is -0.467 e. The summed E-state index contributed by atoms with van der Waals surface area (Å²) in [6.45, 7) is 0.706. The van der Waals surface area contributed by atoms with Gasteiger partial charge in [-0.25, -0.2) is 0 Å². The van der Waals surface area contributed by atoms with Crippen molar-refractivity contribution in [1.29, 1.82) is 0 Å². The van der Waals surface area contributed by atoms with Crippen LogP contribution in [0.25, 0.3) is 11.3 Å². The maximum Gasteiger partial charge on any atom is 0.276 e. The first-order valence-electron chi connectivity index (χ1n) is 7.69. The number of carbonyl (C=O) groups excluding carboxylic acids is 1. The van der Waals surface area contributed by atoms with Crippen molar-refractivity contribution >= 4 is 5.91 Å². The number of likely N-dealkylation sites (tertiary alicyclic amines) is 1. The fraction of sp³-hybridized carbons (Fsp3) is 0.222. The number of rotatable bonds is 3.